The predicted octanol–water partition coefficient (Wildman–Crippen LogP) is 0.525. The van der Waals surface area contributed by atoms with Crippen molar-refractivity contribution in [1.29, 1.82) is 0 Å². The van der Waals surface area contributed by atoms with Crippen LogP contribution in [0.4, 0.5) is 0 Å². The fraction of sp³-hybridized carbons (Fsp3) is 0.571. The molecule has 3 atom stereocenters. The summed E-state index contributed by atoms with van der Waals surface area (Å²) in [5, 5.41) is 18.8. The molecule has 0 saturated carbocycles. The number of hydrogen-bond acceptors (Lipinski definition) is 5. The zero-order chi connectivity index (χ0) is 15.7. The van der Waals surface area contributed by atoms with E-state index in [9.17, 15) is 13.5 Å². The lowest BCUT2D eigenvalue weighted by Gasteiger charge is -2.28. The Balaban J connectivity index is 2.05. The molecule has 3 unspecified atom stereocenters. The normalized spacial score (nSPS) is 27.7. The zero-order valence-corrected chi connectivity index (χ0v) is 13.1. The van der Waals surface area contributed by atoms with Gasteiger partial charge in [-0.25, -0.2) is 13.6 Å². The Morgan fingerprint density at radius 2 is 2.29 bits per heavy atom. The van der Waals surface area contributed by atoms with E-state index in [1.807, 2.05) is 19.9 Å². The van der Waals surface area contributed by atoms with Crippen LogP contribution in [0.25, 0.3) is 0 Å². The maximum atomic E-state index is 11.4. The van der Waals surface area contributed by atoms with Crippen LogP contribution in [0.1, 0.15) is 31.9 Å². The first-order valence-corrected chi connectivity index (χ1v) is 8.47. The molecule has 0 radical (unpaired) electrons. The number of aliphatic hydroxyl groups is 1. The van der Waals surface area contributed by atoms with E-state index >= 15 is 0 Å². The third kappa shape index (κ3) is 3.81. The molecular formula is C14H22N2O4S. The van der Waals surface area contributed by atoms with Gasteiger partial charge in [-0.1, -0.05) is 12.1 Å². The molecule has 1 aromatic rings. The molecule has 1 saturated heterocycles. The van der Waals surface area contributed by atoms with Crippen molar-refractivity contribution in [1.82, 2.24) is 5.32 Å². The molecule has 1 fully saturated rings. The summed E-state index contributed by atoms with van der Waals surface area (Å²) in [6.45, 7) is 4.69. The summed E-state index contributed by atoms with van der Waals surface area (Å²) in [5.74, 6) is 0. The number of ether oxygens (including phenoxy) is 1. The molecule has 21 heavy (non-hydrogen) atoms. The van der Waals surface area contributed by atoms with Crippen molar-refractivity contribution in [2.45, 2.75) is 42.9 Å². The van der Waals surface area contributed by atoms with Gasteiger partial charge in [0.2, 0.25) is 10.0 Å². The van der Waals surface area contributed by atoms with E-state index in [1.54, 1.807) is 12.1 Å². The Morgan fingerprint density at radius 1 is 1.57 bits per heavy atom. The van der Waals surface area contributed by atoms with Crippen LogP contribution in [0.5, 0.6) is 0 Å². The maximum absolute atomic E-state index is 11.4. The smallest absolute Gasteiger partial charge is 0.238 e. The van der Waals surface area contributed by atoms with Crippen molar-refractivity contribution in [2.24, 2.45) is 5.14 Å². The first-order valence-electron chi connectivity index (χ1n) is 6.92. The highest BCUT2D eigenvalue weighted by Crippen LogP contribution is 2.26. The highest BCUT2D eigenvalue weighted by molar-refractivity contribution is 7.89. The molecule has 1 aliphatic heterocycles. The Labute approximate surface area is 125 Å². The van der Waals surface area contributed by atoms with Crippen LogP contribution >= 0.6 is 0 Å². The van der Waals surface area contributed by atoms with Gasteiger partial charge in [0.25, 0.3) is 0 Å². The number of benzene rings is 1. The highest BCUT2D eigenvalue weighted by atomic mass is 32.2. The molecule has 0 spiro atoms. The van der Waals surface area contributed by atoms with Gasteiger partial charge in [0, 0.05) is 25.6 Å². The lowest BCUT2D eigenvalue weighted by Crippen LogP contribution is -2.46. The van der Waals surface area contributed by atoms with Gasteiger partial charge in [-0.15, -0.1) is 0 Å². The van der Waals surface area contributed by atoms with E-state index in [1.165, 1.54) is 6.07 Å². The average Bonchev–Trinajstić information content (AvgIpc) is 2.76. The maximum Gasteiger partial charge on any atom is 0.238 e. The molecule has 6 nitrogen and oxygen atoms in total. The summed E-state index contributed by atoms with van der Waals surface area (Å²) in [5.41, 5.74) is -0.0806. The molecule has 1 aromatic carbocycles. The molecule has 2 rings (SSSR count). The number of hydrogen-bond donors (Lipinski definition) is 3. The summed E-state index contributed by atoms with van der Waals surface area (Å²) >= 11 is 0. The number of rotatable bonds is 5. The van der Waals surface area contributed by atoms with Crippen molar-refractivity contribution < 1.29 is 18.3 Å². The Kier molecular flexibility index (Phi) is 4.69. The average molecular weight is 314 g/mol. The Hall–Kier alpha value is -0.990. The van der Waals surface area contributed by atoms with Gasteiger partial charge in [-0.05, 0) is 31.5 Å². The summed E-state index contributed by atoms with van der Waals surface area (Å²) in [6.07, 6.45) is 0.374. The van der Waals surface area contributed by atoms with E-state index in [-0.39, 0.29) is 17.0 Å². The van der Waals surface area contributed by atoms with Gasteiger partial charge < -0.3 is 15.2 Å². The van der Waals surface area contributed by atoms with Crippen LogP contribution < -0.4 is 10.5 Å². The predicted molar refractivity (Wildman–Crippen MR) is 79.2 cm³/mol. The monoisotopic (exact) mass is 314 g/mol. The first kappa shape index (κ1) is 16.4. The van der Waals surface area contributed by atoms with Gasteiger partial charge in [0.05, 0.1) is 11.0 Å². The van der Waals surface area contributed by atoms with Gasteiger partial charge in [-0.3, -0.25) is 0 Å². The molecule has 1 heterocycles. The molecule has 118 valence electrons. The SMILES string of the molecule is CC(NCC1(O)CCOC1C)c1cccc(S(N)(=O)=O)c1. The largest absolute Gasteiger partial charge is 0.386 e. The molecule has 0 amide bonds. The van der Waals surface area contributed by atoms with Gasteiger partial charge in [0.15, 0.2) is 0 Å². The first-order chi connectivity index (χ1) is 9.72. The number of primary sulfonamides is 1. The van der Waals surface area contributed by atoms with Crippen LogP contribution in [-0.2, 0) is 14.8 Å². The third-order valence-corrected chi connectivity index (χ3v) is 4.97. The minimum Gasteiger partial charge on any atom is -0.386 e. The Bertz CT molecular complexity index is 605. The molecule has 0 aromatic heterocycles. The zero-order valence-electron chi connectivity index (χ0n) is 12.2. The highest BCUT2D eigenvalue weighted by Gasteiger charge is 2.39. The fourth-order valence-electron chi connectivity index (χ4n) is 2.41. The lowest BCUT2D eigenvalue weighted by molar-refractivity contribution is -0.0274. The summed E-state index contributed by atoms with van der Waals surface area (Å²) in [6, 6.07) is 6.38. The van der Waals surface area contributed by atoms with Crippen LogP contribution in [0, 0.1) is 0 Å². The standard InChI is InChI=1S/C14H22N2O4S/c1-10(16-9-14(17)6-7-20-11(14)2)12-4-3-5-13(8-12)21(15,18)19/h3-5,8,10-11,16-17H,6-7,9H2,1-2H3,(H2,15,18,19). The quantitative estimate of drug-likeness (QED) is 0.735. The van der Waals surface area contributed by atoms with E-state index in [4.69, 9.17) is 9.88 Å². The van der Waals surface area contributed by atoms with E-state index in [2.05, 4.69) is 5.32 Å². The minimum absolute atomic E-state index is 0.0879. The van der Waals surface area contributed by atoms with Crippen LogP contribution in [-0.4, -0.2) is 38.4 Å². The molecular weight excluding hydrogens is 292 g/mol. The molecule has 7 heteroatoms. The Morgan fingerprint density at radius 3 is 2.86 bits per heavy atom. The van der Waals surface area contributed by atoms with Crippen molar-refractivity contribution in [3.05, 3.63) is 29.8 Å². The summed E-state index contributed by atoms with van der Waals surface area (Å²) < 4.78 is 28.1. The second-order valence-electron chi connectivity index (χ2n) is 5.59. The molecule has 4 N–H and O–H groups in total. The lowest BCUT2D eigenvalue weighted by atomic mass is 9.96. The van der Waals surface area contributed by atoms with E-state index < -0.39 is 15.6 Å². The van der Waals surface area contributed by atoms with E-state index in [0.29, 0.717) is 19.6 Å². The number of sulfonamides is 1. The molecule has 0 bridgehead atoms. The topological polar surface area (TPSA) is 102 Å². The third-order valence-electron chi connectivity index (χ3n) is 4.06. The minimum atomic E-state index is -3.71. The van der Waals surface area contributed by atoms with Crippen molar-refractivity contribution >= 4 is 10.0 Å². The van der Waals surface area contributed by atoms with Crippen LogP contribution in [0.15, 0.2) is 29.2 Å². The van der Waals surface area contributed by atoms with Gasteiger partial charge in [-0.2, -0.15) is 0 Å². The van der Waals surface area contributed by atoms with Crippen molar-refractivity contribution in [3.63, 3.8) is 0 Å². The molecule has 1 aliphatic rings. The second kappa shape index (κ2) is 6.02. The van der Waals surface area contributed by atoms with Gasteiger partial charge >= 0.3 is 0 Å². The number of nitrogens with two attached hydrogens (primary N) is 1. The van der Waals surface area contributed by atoms with Crippen LogP contribution in [0.2, 0.25) is 0 Å². The summed E-state index contributed by atoms with van der Waals surface area (Å²) in [7, 11) is -3.71. The summed E-state index contributed by atoms with van der Waals surface area (Å²) in [4.78, 5) is 0.0879. The van der Waals surface area contributed by atoms with E-state index in [0.717, 1.165) is 5.56 Å². The molecule has 0 aliphatic carbocycles. The van der Waals surface area contributed by atoms with Gasteiger partial charge in [0.1, 0.15) is 5.60 Å². The van der Waals surface area contributed by atoms with Crippen molar-refractivity contribution in [3.8, 4) is 0 Å². The van der Waals surface area contributed by atoms with Crippen LogP contribution in [0.3, 0.4) is 0 Å². The fourth-order valence-corrected chi connectivity index (χ4v) is 2.98. The van der Waals surface area contributed by atoms with Crippen molar-refractivity contribution in [2.75, 3.05) is 13.2 Å². The second-order valence-corrected chi connectivity index (χ2v) is 7.15. The number of nitrogens with one attached hydrogen (secondary N) is 1.